The van der Waals surface area contributed by atoms with Crippen molar-refractivity contribution in [2.75, 3.05) is 17.6 Å². The number of halogens is 3. The van der Waals surface area contributed by atoms with Crippen molar-refractivity contribution in [3.8, 4) is 0 Å². The number of benzene rings is 1. The van der Waals surface area contributed by atoms with Crippen LogP contribution in [-0.4, -0.2) is 16.3 Å². The van der Waals surface area contributed by atoms with Gasteiger partial charge in [-0.3, -0.25) is 4.68 Å². The quantitative estimate of drug-likeness (QED) is 0.897. The Balaban J connectivity index is 1.86. The van der Waals surface area contributed by atoms with E-state index in [0.717, 1.165) is 12.1 Å². The number of nitrogens with two attached hydrogens (primary N) is 1. The van der Waals surface area contributed by atoms with Crippen molar-refractivity contribution >= 4 is 11.4 Å². The fourth-order valence-corrected chi connectivity index (χ4v) is 1.59. The molecule has 102 valence electrons. The second-order valence-electron chi connectivity index (χ2n) is 4.04. The van der Waals surface area contributed by atoms with Gasteiger partial charge in [0.25, 0.3) is 0 Å². The summed E-state index contributed by atoms with van der Waals surface area (Å²) >= 11 is 0. The average Bonchev–Trinajstić information content (AvgIpc) is 2.75. The van der Waals surface area contributed by atoms with Crippen LogP contribution < -0.4 is 11.1 Å². The summed E-state index contributed by atoms with van der Waals surface area (Å²) in [6.45, 7) is 1.13. The molecule has 0 fully saturated rings. The lowest BCUT2D eigenvalue weighted by Crippen LogP contribution is -2.11. The third-order valence-electron chi connectivity index (χ3n) is 2.54. The van der Waals surface area contributed by atoms with Crippen LogP contribution in [0.2, 0.25) is 0 Å². The van der Waals surface area contributed by atoms with E-state index < -0.39 is 11.7 Å². The molecule has 0 spiro atoms. The van der Waals surface area contributed by atoms with Gasteiger partial charge in [-0.05, 0) is 24.3 Å². The van der Waals surface area contributed by atoms with Crippen molar-refractivity contribution in [1.29, 1.82) is 0 Å². The largest absolute Gasteiger partial charge is 0.416 e. The zero-order chi connectivity index (χ0) is 13.9. The van der Waals surface area contributed by atoms with Crippen LogP contribution in [0.5, 0.6) is 0 Å². The van der Waals surface area contributed by atoms with E-state index in [1.54, 1.807) is 10.9 Å². The SMILES string of the molecule is Nc1cnn(CCNc2ccc(C(F)(F)F)cc2)c1. The number of nitrogens with one attached hydrogen (secondary N) is 1. The fourth-order valence-electron chi connectivity index (χ4n) is 1.59. The average molecular weight is 270 g/mol. The van der Waals surface area contributed by atoms with E-state index in [4.69, 9.17) is 5.73 Å². The molecule has 1 aromatic carbocycles. The molecule has 0 aliphatic carbocycles. The highest BCUT2D eigenvalue weighted by molar-refractivity contribution is 5.45. The van der Waals surface area contributed by atoms with Crippen molar-refractivity contribution in [1.82, 2.24) is 9.78 Å². The maximum absolute atomic E-state index is 12.4. The number of hydrogen-bond acceptors (Lipinski definition) is 3. The first-order chi connectivity index (χ1) is 8.95. The van der Waals surface area contributed by atoms with E-state index in [1.165, 1.54) is 18.3 Å². The van der Waals surface area contributed by atoms with Gasteiger partial charge in [-0.1, -0.05) is 0 Å². The summed E-state index contributed by atoms with van der Waals surface area (Å²) in [5, 5.41) is 7.01. The van der Waals surface area contributed by atoms with Gasteiger partial charge in [0.15, 0.2) is 0 Å². The molecule has 0 radical (unpaired) electrons. The third kappa shape index (κ3) is 3.64. The molecule has 1 heterocycles. The summed E-state index contributed by atoms with van der Waals surface area (Å²) in [6.07, 6.45) is -1.07. The monoisotopic (exact) mass is 270 g/mol. The topological polar surface area (TPSA) is 55.9 Å². The minimum atomic E-state index is -4.30. The Kier molecular flexibility index (Phi) is 3.64. The number of rotatable bonds is 4. The van der Waals surface area contributed by atoms with E-state index in [1.807, 2.05) is 0 Å². The maximum atomic E-state index is 12.4. The summed E-state index contributed by atoms with van der Waals surface area (Å²) in [5.41, 5.74) is 6.06. The second kappa shape index (κ2) is 5.21. The second-order valence-corrected chi connectivity index (χ2v) is 4.04. The Labute approximate surface area is 108 Å². The summed E-state index contributed by atoms with van der Waals surface area (Å²) in [6, 6.07) is 4.91. The standard InChI is InChI=1S/C12H13F3N4/c13-12(14,15)9-1-3-11(4-2-9)17-5-6-19-8-10(16)7-18-19/h1-4,7-8,17H,5-6,16H2. The van der Waals surface area contributed by atoms with Crippen LogP contribution in [0.1, 0.15) is 5.56 Å². The van der Waals surface area contributed by atoms with Crippen molar-refractivity contribution in [2.45, 2.75) is 12.7 Å². The number of nitrogens with zero attached hydrogens (tertiary/aromatic N) is 2. The van der Waals surface area contributed by atoms with Crippen molar-refractivity contribution in [3.63, 3.8) is 0 Å². The molecule has 7 heteroatoms. The van der Waals surface area contributed by atoms with Crippen LogP contribution in [0, 0.1) is 0 Å². The predicted octanol–water partition coefficient (Wildman–Crippen LogP) is 2.60. The van der Waals surface area contributed by atoms with Crippen LogP contribution in [0.25, 0.3) is 0 Å². The number of aromatic nitrogens is 2. The Bertz CT molecular complexity index is 531. The van der Waals surface area contributed by atoms with Crippen LogP contribution in [0.3, 0.4) is 0 Å². The van der Waals surface area contributed by atoms with E-state index in [9.17, 15) is 13.2 Å². The molecule has 3 N–H and O–H groups in total. The predicted molar refractivity (Wildman–Crippen MR) is 66.6 cm³/mol. The smallest absolute Gasteiger partial charge is 0.396 e. The van der Waals surface area contributed by atoms with E-state index in [-0.39, 0.29) is 0 Å². The first kappa shape index (κ1) is 13.3. The molecule has 0 aliphatic heterocycles. The normalized spacial score (nSPS) is 11.5. The zero-order valence-corrected chi connectivity index (χ0v) is 9.98. The van der Waals surface area contributed by atoms with Crippen molar-refractivity contribution in [2.24, 2.45) is 0 Å². The first-order valence-electron chi connectivity index (χ1n) is 5.64. The Hall–Kier alpha value is -2.18. The van der Waals surface area contributed by atoms with Gasteiger partial charge in [-0.2, -0.15) is 18.3 Å². The highest BCUT2D eigenvalue weighted by Gasteiger charge is 2.29. The fraction of sp³-hybridized carbons (Fsp3) is 0.250. The molecule has 4 nitrogen and oxygen atoms in total. The Morgan fingerprint density at radius 2 is 1.89 bits per heavy atom. The number of nitrogen functional groups attached to an aromatic ring is 1. The van der Waals surface area contributed by atoms with Crippen LogP contribution in [0.4, 0.5) is 24.5 Å². The van der Waals surface area contributed by atoms with E-state index in [0.29, 0.717) is 24.5 Å². The molecule has 1 aromatic heterocycles. The molecule has 2 rings (SSSR count). The maximum Gasteiger partial charge on any atom is 0.416 e. The minimum Gasteiger partial charge on any atom is -0.396 e. The van der Waals surface area contributed by atoms with Crippen LogP contribution >= 0.6 is 0 Å². The summed E-state index contributed by atoms with van der Waals surface area (Å²) < 4.78 is 38.7. The molecular formula is C12H13F3N4. The van der Waals surface area contributed by atoms with E-state index >= 15 is 0 Å². The molecule has 2 aromatic rings. The highest BCUT2D eigenvalue weighted by atomic mass is 19.4. The lowest BCUT2D eigenvalue weighted by Gasteiger charge is -2.09. The number of hydrogen-bond donors (Lipinski definition) is 2. The van der Waals surface area contributed by atoms with Gasteiger partial charge in [-0.15, -0.1) is 0 Å². The number of anilines is 2. The molecule has 0 amide bonds. The molecule has 0 unspecified atom stereocenters. The van der Waals surface area contributed by atoms with Gasteiger partial charge in [0.1, 0.15) is 0 Å². The van der Waals surface area contributed by atoms with Gasteiger partial charge in [0, 0.05) is 18.4 Å². The molecule has 0 aliphatic rings. The summed E-state index contributed by atoms with van der Waals surface area (Å²) in [5.74, 6) is 0. The molecular weight excluding hydrogens is 257 g/mol. The summed E-state index contributed by atoms with van der Waals surface area (Å²) in [7, 11) is 0. The molecule has 0 atom stereocenters. The van der Waals surface area contributed by atoms with Gasteiger partial charge in [0.05, 0.1) is 24.0 Å². The Morgan fingerprint density at radius 3 is 2.42 bits per heavy atom. The zero-order valence-electron chi connectivity index (χ0n) is 9.98. The molecule has 19 heavy (non-hydrogen) atoms. The van der Waals surface area contributed by atoms with Gasteiger partial charge in [-0.25, -0.2) is 0 Å². The van der Waals surface area contributed by atoms with Crippen LogP contribution in [0.15, 0.2) is 36.7 Å². The van der Waals surface area contributed by atoms with Gasteiger partial charge < -0.3 is 11.1 Å². The third-order valence-corrected chi connectivity index (χ3v) is 2.54. The molecule has 0 bridgehead atoms. The molecule has 0 saturated heterocycles. The first-order valence-corrected chi connectivity index (χ1v) is 5.64. The van der Waals surface area contributed by atoms with Gasteiger partial charge in [0.2, 0.25) is 0 Å². The lowest BCUT2D eigenvalue weighted by molar-refractivity contribution is -0.137. The number of alkyl halides is 3. The van der Waals surface area contributed by atoms with E-state index in [2.05, 4.69) is 10.4 Å². The minimum absolute atomic E-state index is 0.548. The molecule has 0 saturated carbocycles. The van der Waals surface area contributed by atoms with Crippen molar-refractivity contribution < 1.29 is 13.2 Å². The Morgan fingerprint density at radius 1 is 1.21 bits per heavy atom. The van der Waals surface area contributed by atoms with Gasteiger partial charge >= 0.3 is 6.18 Å². The van der Waals surface area contributed by atoms with Crippen molar-refractivity contribution in [3.05, 3.63) is 42.2 Å². The highest BCUT2D eigenvalue weighted by Crippen LogP contribution is 2.29. The summed E-state index contributed by atoms with van der Waals surface area (Å²) in [4.78, 5) is 0. The van der Waals surface area contributed by atoms with Crippen LogP contribution in [-0.2, 0) is 12.7 Å². The lowest BCUT2D eigenvalue weighted by atomic mass is 10.2.